The molecule has 9 heteroatoms. The summed E-state index contributed by atoms with van der Waals surface area (Å²) in [5.74, 6) is 2.07. The van der Waals surface area contributed by atoms with Gasteiger partial charge in [0.1, 0.15) is 11.4 Å². The van der Waals surface area contributed by atoms with Crippen molar-refractivity contribution in [2.75, 3.05) is 55.7 Å². The zero-order chi connectivity index (χ0) is 23.7. The Morgan fingerprint density at radius 2 is 1.85 bits per heavy atom. The van der Waals surface area contributed by atoms with Crippen LogP contribution in [0.5, 0.6) is 0 Å². The van der Waals surface area contributed by atoms with E-state index in [0.717, 1.165) is 62.0 Å². The highest BCUT2D eigenvalue weighted by molar-refractivity contribution is 5.69. The fourth-order valence-corrected chi connectivity index (χ4v) is 4.94. The summed E-state index contributed by atoms with van der Waals surface area (Å²) in [5.41, 5.74) is 2.95. The van der Waals surface area contributed by atoms with Crippen LogP contribution in [-0.4, -0.2) is 77.5 Å². The fraction of sp³-hybridized carbons (Fsp3) is 0.600. The fourth-order valence-electron chi connectivity index (χ4n) is 4.94. The highest BCUT2D eigenvalue weighted by atomic mass is 16.6. The molecule has 0 aliphatic carbocycles. The van der Waals surface area contributed by atoms with Gasteiger partial charge in [-0.15, -0.1) is 0 Å². The van der Waals surface area contributed by atoms with Crippen molar-refractivity contribution in [2.45, 2.75) is 51.6 Å². The van der Waals surface area contributed by atoms with Gasteiger partial charge in [0.15, 0.2) is 0 Å². The Balaban J connectivity index is 1.42. The number of pyridine rings is 1. The van der Waals surface area contributed by atoms with Gasteiger partial charge in [-0.2, -0.15) is 4.98 Å². The van der Waals surface area contributed by atoms with E-state index < -0.39 is 5.60 Å². The molecular weight excluding hydrogens is 432 g/mol. The first-order chi connectivity index (χ1) is 16.4. The summed E-state index contributed by atoms with van der Waals surface area (Å²) in [4.78, 5) is 33.4. The van der Waals surface area contributed by atoms with Crippen molar-refractivity contribution in [3.63, 3.8) is 0 Å². The Labute approximate surface area is 201 Å². The number of aromatic nitrogens is 3. The average Bonchev–Trinajstić information content (AvgIpc) is 3.28. The van der Waals surface area contributed by atoms with Crippen molar-refractivity contribution in [3.05, 3.63) is 35.8 Å². The number of hydrogen-bond donors (Lipinski definition) is 0. The van der Waals surface area contributed by atoms with Gasteiger partial charge in [0.05, 0.1) is 30.8 Å². The highest BCUT2D eigenvalue weighted by Crippen LogP contribution is 2.40. The molecule has 0 spiro atoms. The second-order valence-corrected chi connectivity index (χ2v) is 10.2. The first-order valence-electron chi connectivity index (χ1n) is 12.3. The summed E-state index contributed by atoms with van der Waals surface area (Å²) in [6.45, 7) is 10.9. The maximum absolute atomic E-state index is 12.6. The number of fused-ring (bicyclic) bond motifs is 1. The number of amides is 1. The number of hydrogen-bond acceptors (Lipinski definition) is 8. The zero-order valence-electron chi connectivity index (χ0n) is 20.4. The Kier molecular flexibility index (Phi) is 6.29. The molecule has 1 amide bonds. The Morgan fingerprint density at radius 1 is 1.09 bits per heavy atom. The lowest BCUT2D eigenvalue weighted by atomic mass is 9.90. The number of carbonyl (C=O) groups is 1. The minimum absolute atomic E-state index is 0.226. The number of likely N-dealkylation sites (tertiary alicyclic amines) is 1. The van der Waals surface area contributed by atoms with Crippen LogP contribution in [0.1, 0.15) is 50.8 Å². The molecule has 5 heterocycles. The smallest absolute Gasteiger partial charge is 0.410 e. The number of rotatable bonds is 3. The summed E-state index contributed by atoms with van der Waals surface area (Å²) in [6, 6.07) is 4.04. The van der Waals surface area contributed by atoms with E-state index in [1.807, 2.05) is 37.9 Å². The Hall–Kier alpha value is -2.94. The number of ether oxygens (including phenoxy) is 2. The first kappa shape index (κ1) is 22.8. The van der Waals surface area contributed by atoms with Crippen LogP contribution in [0.2, 0.25) is 0 Å². The molecule has 9 nitrogen and oxygen atoms in total. The normalized spacial score (nSPS) is 19.3. The van der Waals surface area contributed by atoms with Gasteiger partial charge in [0.25, 0.3) is 0 Å². The van der Waals surface area contributed by atoms with Crippen molar-refractivity contribution in [2.24, 2.45) is 0 Å². The van der Waals surface area contributed by atoms with Crippen molar-refractivity contribution in [1.29, 1.82) is 0 Å². The highest BCUT2D eigenvalue weighted by Gasteiger charge is 2.34. The third kappa shape index (κ3) is 4.80. The molecule has 182 valence electrons. The lowest BCUT2D eigenvalue weighted by Gasteiger charge is -2.34. The standard InChI is InChI=1S/C25H34N6O3/c1-25(2,3)34-24(32)30-10-6-18(7-11-30)21-20-8-12-31(19-5-4-9-26-17-19)22(20)28-23(27-21)29-13-15-33-16-14-29/h4-5,9,17-18H,6-8,10-16H2,1-3H3. The maximum Gasteiger partial charge on any atom is 0.410 e. The Bertz CT molecular complexity index is 1010. The minimum Gasteiger partial charge on any atom is -0.444 e. The molecule has 3 aliphatic rings. The quantitative estimate of drug-likeness (QED) is 0.680. The van der Waals surface area contributed by atoms with Gasteiger partial charge in [0.2, 0.25) is 5.95 Å². The topological polar surface area (TPSA) is 83.9 Å². The van der Waals surface area contributed by atoms with Crippen LogP contribution in [0, 0.1) is 0 Å². The van der Waals surface area contributed by atoms with Crippen LogP contribution in [-0.2, 0) is 15.9 Å². The summed E-state index contributed by atoms with van der Waals surface area (Å²) in [5, 5.41) is 0. The van der Waals surface area contributed by atoms with Crippen molar-refractivity contribution in [3.8, 4) is 0 Å². The van der Waals surface area contributed by atoms with Crippen molar-refractivity contribution in [1.82, 2.24) is 19.9 Å². The zero-order valence-corrected chi connectivity index (χ0v) is 20.4. The molecule has 0 saturated carbocycles. The van der Waals surface area contributed by atoms with Crippen LogP contribution >= 0.6 is 0 Å². The van der Waals surface area contributed by atoms with E-state index in [4.69, 9.17) is 19.4 Å². The number of anilines is 3. The van der Waals surface area contributed by atoms with E-state index in [2.05, 4.69) is 20.9 Å². The summed E-state index contributed by atoms with van der Waals surface area (Å²) >= 11 is 0. The molecule has 2 fully saturated rings. The monoisotopic (exact) mass is 466 g/mol. The molecular formula is C25H34N6O3. The number of piperidine rings is 1. The second-order valence-electron chi connectivity index (χ2n) is 10.2. The van der Waals surface area contributed by atoms with Crippen LogP contribution < -0.4 is 9.80 Å². The van der Waals surface area contributed by atoms with Crippen molar-refractivity contribution >= 4 is 23.5 Å². The maximum atomic E-state index is 12.6. The van der Waals surface area contributed by atoms with E-state index in [-0.39, 0.29) is 6.09 Å². The number of morpholine rings is 1. The minimum atomic E-state index is -0.482. The number of carbonyl (C=O) groups excluding carboxylic acids is 1. The SMILES string of the molecule is CC(C)(C)OC(=O)N1CCC(c2nc(N3CCOCC3)nc3c2CCN3c2cccnc2)CC1. The van der Waals surface area contributed by atoms with E-state index in [9.17, 15) is 4.79 Å². The predicted molar refractivity (Wildman–Crippen MR) is 130 cm³/mol. The van der Waals surface area contributed by atoms with Crippen LogP contribution in [0.15, 0.2) is 24.5 Å². The van der Waals surface area contributed by atoms with Gasteiger partial charge >= 0.3 is 6.09 Å². The van der Waals surface area contributed by atoms with E-state index >= 15 is 0 Å². The largest absolute Gasteiger partial charge is 0.444 e. The molecule has 2 aromatic rings. The first-order valence-corrected chi connectivity index (χ1v) is 12.3. The van der Waals surface area contributed by atoms with Crippen LogP contribution in [0.4, 0.5) is 22.2 Å². The van der Waals surface area contributed by atoms with Crippen molar-refractivity contribution < 1.29 is 14.3 Å². The second kappa shape index (κ2) is 9.37. The van der Waals surface area contributed by atoms with Gasteiger partial charge in [-0.3, -0.25) is 4.98 Å². The molecule has 0 atom stereocenters. The average molecular weight is 467 g/mol. The van der Waals surface area contributed by atoms with Crippen LogP contribution in [0.25, 0.3) is 0 Å². The molecule has 0 unspecified atom stereocenters. The predicted octanol–water partition coefficient (Wildman–Crippen LogP) is 3.52. The molecule has 3 aliphatic heterocycles. The molecule has 5 rings (SSSR count). The number of nitrogens with zero attached hydrogens (tertiary/aromatic N) is 6. The Morgan fingerprint density at radius 3 is 2.53 bits per heavy atom. The molecule has 0 aromatic carbocycles. The van der Waals surface area contributed by atoms with Gasteiger partial charge < -0.3 is 24.2 Å². The van der Waals surface area contributed by atoms with E-state index in [0.29, 0.717) is 32.2 Å². The van der Waals surface area contributed by atoms with Gasteiger partial charge in [0, 0.05) is 50.4 Å². The van der Waals surface area contributed by atoms with Crippen LogP contribution in [0.3, 0.4) is 0 Å². The molecule has 2 saturated heterocycles. The van der Waals surface area contributed by atoms with Gasteiger partial charge in [-0.1, -0.05) is 0 Å². The third-order valence-electron chi connectivity index (χ3n) is 6.63. The lowest BCUT2D eigenvalue weighted by molar-refractivity contribution is 0.0204. The van der Waals surface area contributed by atoms with Gasteiger partial charge in [-0.25, -0.2) is 9.78 Å². The summed E-state index contributed by atoms with van der Waals surface area (Å²) in [7, 11) is 0. The summed E-state index contributed by atoms with van der Waals surface area (Å²) in [6.07, 6.45) is 6.12. The van der Waals surface area contributed by atoms with E-state index in [1.165, 1.54) is 5.56 Å². The third-order valence-corrected chi connectivity index (χ3v) is 6.63. The molecule has 2 aromatic heterocycles. The molecule has 0 bridgehead atoms. The summed E-state index contributed by atoms with van der Waals surface area (Å²) < 4.78 is 11.1. The lowest BCUT2D eigenvalue weighted by Crippen LogP contribution is -2.41. The van der Waals surface area contributed by atoms with Gasteiger partial charge in [-0.05, 0) is 52.2 Å². The molecule has 0 N–H and O–H groups in total. The molecule has 0 radical (unpaired) electrons. The van der Waals surface area contributed by atoms with E-state index in [1.54, 1.807) is 6.20 Å². The molecule has 34 heavy (non-hydrogen) atoms.